The molecule has 0 spiro atoms. The predicted molar refractivity (Wildman–Crippen MR) is 79.0 cm³/mol. The van der Waals surface area contributed by atoms with Crippen LogP contribution in [0.15, 0.2) is 0 Å². The zero-order chi connectivity index (χ0) is 14.4. The minimum Gasteiger partial charge on any atom is -0.341 e. The third-order valence-electron chi connectivity index (χ3n) is 3.38. The fraction of sp³-hybridized carbons (Fsp3) is 0.692. The van der Waals surface area contributed by atoms with Gasteiger partial charge in [0.2, 0.25) is 17.2 Å². The van der Waals surface area contributed by atoms with Crippen molar-refractivity contribution < 1.29 is 0 Å². The molecule has 0 bridgehead atoms. The summed E-state index contributed by atoms with van der Waals surface area (Å²) in [7, 11) is 0. The van der Waals surface area contributed by atoms with E-state index >= 15 is 0 Å². The molecule has 0 unspecified atom stereocenters. The SMILES string of the molecule is CCN(CCC#N)c1nc(Cl)nc(N2CCCCC2)n1. The third-order valence-corrected chi connectivity index (χ3v) is 3.55. The summed E-state index contributed by atoms with van der Waals surface area (Å²) < 4.78 is 0. The second-order valence-corrected chi connectivity index (χ2v) is 5.08. The van der Waals surface area contributed by atoms with E-state index in [9.17, 15) is 0 Å². The molecule has 0 amide bonds. The molecule has 20 heavy (non-hydrogen) atoms. The highest BCUT2D eigenvalue weighted by atomic mass is 35.5. The van der Waals surface area contributed by atoms with Gasteiger partial charge in [0.15, 0.2) is 0 Å². The van der Waals surface area contributed by atoms with Crippen molar-refractivity contribution in [2.45, 2.75) is 32.6 Å². The maximum Gasteiger partial charge on any atom is 0.231 e. The Kier molecular flexibility index (Phi) is 5.36. The maximum atomic E-state index is 8.71. The molecule has 7 heteroatoms. The highest BCUT2D eigenvalue weighted by molar-refractivity contribution is 6.28. The number of hydrogen-bond donors (Lipinski definition) is 0. The maximum absolute atomic E-state index is 8.71. The lowest BCUT2D eigenvalue weighted by atomic mass is 10.1. The van der Waals surface area contributed by atoms with Crippen molar-refractivity contribution in [1.82, 2.24) is 15.0 Å². The van der Waals surface area contributed by atoms with E-state index < -0.39 is 0 Å². The molecule has 6 nitrogen and oxygen atoms in total. The lowest BCUT2D eigenvalue weighted by Gasteiger charge is -2.27. The van der Waals surface area contributed by atoms with E-state index in [0.717, 1.165) is 32.5 Å². The van der Waals surface area contributed by atoms with Gasteiger partial charge >= 0.3 is 0 Å². The van der Waals surface area contributed by atoms with Crippen LogP contribution in [-0.4, -0.2) is 41.1 Å². The van der Waals surface area contributed by atoms with E-state index in [1.165, 1.54) is 6.42 Å². The molecule has 1 aromatic rings. The average molecular weight is 295 g/mol. The summed E-state index contributed by atoms with van der Waals surface area (Å²) in [6.45, 7) is 5.28. The van der Waals surface area contributed by atoms with E-state index in [-0.39, 0.29) is 5.28 Å². The quantitative estimate of drug-likeness (QED) is 0.829. The van der Waals surface area contributed by atoms with Gasteiger partial charge in [0.05, 0.1) is 12.5 Å². The normalized spacial score (nSPS) is 14.9. The molecular formula is C13H19ClN6. The number of halogens is 1. The minimum atomic E-state index is 0.214. The van der Waals surface area contributed by atoms with E-state index in [1.807, 2.05) is 11.8 Å². The van der Waals surface area contributed by atoms with Crippen molar-refractivity contribution in [1.29, 1.82) is 5.26 Å². The highest BCUT2D eigenvalue weighted by Gasteiger charge is 2.17. The molecule has 0 radical (unpaired) electrons. The first kappa shape index (κ1) is 14.8. The Labute approximate surface area is 124 Å². The van der Waals surface area contributed by atoms with Crippen molar-refractivity contribution in [3.05, 3.63) is 5.28 Å². The molecular weight excluding hydrogens is 276 g/mol. The molecule has 0 aromatic carbocycles. The zero-order valence-corrected chi connectivity index (χ0v) is 12.5. The summed E-state index contributed by atoms with van der Waals surface area (Å²) in [5.74, 6) is 1.21. The van der Waals surface area contributed by atoms with Gasteiger partial charge in [0.25, 0.3) is 0 Å². The summed E-state index contributed by atoms with van der Waals surface area (Å²) >= 11 is 6.02. The van der Waals surface area contributed by atoms with Crippen molar-refractivity contribution in [2.24, 2.45) is 0 Å². The molecule has 1 aliphatic rings. The van der Waals surface area contributed by atoms with Crippen LogP contribution in [0, 0.1) is 11.3 Å². The van der Waals surface area contributed by atoms with Crippen LogP contribution in [0.4, 0.5) is 11.9 Å². The fourth-order valence-corrected chi connectivity index (χ4v) is 2.44. The van der Waals surface area contributed by atoms with Crippen molar-refractivity contribution in [3.63, 3.8) is 0 Å². The minimum absolute atomic E-state index is 0.214. The Bertz CT molecular complexity index is 480. The molecule has 0 atom stereocenters. The second-order valence-electron chi connectivity index (χ2n) is 4.74. The molecule has 108 valence electrons. The first-order valence-corrected chi connectivity index (χ1v) is 7.40. The number of anilines is 2. The van der Waals surface area contributed by atoms with Gasteiger partial charge in [0.1, 0.15) is 0 Å². The summed E-state index contributed by atoms with van der Waals surface area (Å²) in [6, 6.07) is 2.14. The van der Waals surface area contributed by atoms with Gasteiger partial charge in [-0.3, -0.25) is 0 Å². The summed E-state index contributed by atoms with van der Waals surface area (Å²) in [5.41, 5.74) is 0. The van der Waals surface area contributed by atoms with Crippen LogP contribution in [0.5, 0.6) is 0 Å². The number of nitriles is 1. The van der Waals surface area contributed by atoms with Crippen LogP contribution < -0.4 is 9.80 Å². The summed E-state index contributed by atoms with van der Waals surface area (Å²) in [4.78, 5) is 17.0. The van der Waals surface area contributed by atoms with E-state index in [0.29, 0.717) is 24.9 Å². The Balaban J connectivity index is 2.20. The predicted octanol–water partition coefficient (Wildman–Crippen LogP) is 2.26. The van der Waals surface area contributed by atoms with Crippen molar-refractivity contribution >= 4 is 23.5 Å². The molecule has 0 saturated carbocycles. The van der Waals surface area contributed by atoms with Crippen LogP contribution >= 0.6 is 11.6 Å². The van der Waals surface area contributed by atoms with Gasteiger partial charge in [-0.2, -0.15) is 20.2 Å². The first-order valence-electron chi connectivity index (χ1n) is 7.03. The molecule has 1 saturated heterocycles. The lowest BCUT2D eigenvalue weighted by Crippen LogP contribution is -2.32. The lowest BCUT2D eigenvalue weighted by molar-refractivity contribution is 0.566. The number of rotatable bonds is 5. The van der Waals surface area contributed by atoms with E-state index in [1.54, 1.807) is 0 Å². The van der Waals surface area contributed by atoms with Crippen LogP contribution in [0.2, 0.25) is 5.28 Å². The largest absolute Gasteiger partial charge is 0.341 e. The smallest absolute Gasteiger partial charge is 0.231 e. The molecule has 0 aliphatic carbocycles. The Morgan fingerprint density at radius 2 is 2.00 bits per heavy atom. The van der Waals surface area contributed by atoms with Crippen LogP contribution in [0.25, 0.3) is 0 Å². The van der Waals surface area contributed by atoms with Crippen LogP contribution in [0.3, 0.4) is 0 Å². The van der Waals surface area contributed by atoms with E-state index in [2.05, 4.69) is 25.9 Å². The van der Waals surface area contributed by atoms with Crippen LogP contribution in [0.1, 0.15) is 32.6 Å². The molecule has 2 rings (SSSR count). The van der Waals surface area contributed by atoms with Crippen molar-refractivity contribution in [3.8, 4) is 6.07 Å². The zero-order valence-electron chi connectivity index (χ0n) is 11.7. The van der Waals surface area contributed by atoms with Crippen molar-refractivity contribution in [2.75, 3.05) is 36.0 Å². The molecule has 2 heterocycles. The van der Waals surface area contributed by atoms with E-state index in [4.69, 9.17) is 16.9 Å². The molecule has 0 N–H and O–H groups in total. The molecule has 1 fully saturated rings. The van der Waals surface area contributed by atoms with Gasteiger partial charge in [-0.1, -0.05) is 0 Å². The Morgan fingerprint density at radius 1 is 1.25 bits per heavy atom. The Morgan fingerprint density at radius 3 is 2.65 bits per heavy atom. The topological polar surface area (TPSA) is 68.9 Å². The number of hydrogen-bond acceptors (Lipinski definition) is 6. The average Bonchev–Trinajstić information content (AvgIpc) is 2.48. The molecule has 1 aromatic heterocycles. The monoisotopic (exact) mass is 294 g/mol. The standard InChI is InChI=1S/C13H19ClN6/c1-2-19(10-6-7-15)12-16-11(14)17-13(18-12)20-8-4-3-5-9-20/h2-6,8-10H2,1H3. The fourth-order valence-electron chi connectivity index (χ4n) is 2.29. The van der Waals surface area contributed by atoms with Gasteiger partial charge in [-0.25, -0.2) is 0 Å². The second kappa shape index (κ2) is 7.25. The summed E-state index contributed by atoms with van der Waals surface area (Å²) in [6.07, 6.45) is 4.01. The number of nitrogens with zero attached hydrogens (tertiary/aromatic N) is 6. The first-order chi connectivity index (χ1) is 9.74. The third kappa shape index (κ3) is 3.70. The number of piperidine rings is 1. The Hall–Kier alpha value is -1.61. The van der Waals surface area contributed by atoms with Gasteiger partial charge < -0.3 is 9.80 Å². The van der Waals surface area contributed by atoms with Gasteiger partial charge in [-0.05, 0) is 37.8 Å². The van der Waals surface area contributed by atoms with Gasteiger partial charge in [0, 0.05) is 26.2 Å². The highest BCUT2D eigenvalue weighted by Crippen LogP contribution is 2.20. The molecule has 1 aliphatic heterocycles. The van der Waals surface area contributed by atoms with Crippen LogP contribution in [-0.2, 0) is 0 Å². The summed E-state index contributed by atoms with van der Waals surface area (Å²) in [5, 5.41) is 8.92. The van der Waals surface area contributed by atoms with Gasteiger partial charge in [-0.15, -0.1) is 0 Å². The number of aromatic nitrogens is 3.